The highest BCUT2D eigenvalue weighted by Gasteiger charge is 2.19. The van der Waals surface area contributed by atoms with E-state index in [0.717, 1.165) is 0 Å². The Morgan fingerprint density at radius 2 is 1.66 bits per heavy atom. The summed E-state index contributed by atoms with van der Waals surface area (Å²) in [5, 5.41) is 12.6. The molecule has 0 aliphatic carbocycles. The Morgan fingerprint density at radius 3 is 2.24 bits per heavy atom. The van der Waals surface area contributed by atoms with Crippen molar-refractivity contribution < 1.29 is 24.2 Å². The number of fused-ring (bicyclic) bond motifs is 1. The summed E-state index contributed by atoms with van der Waals surface area (Å²) in [6.45, 7) is 2.14. The van der Waals surface area contributed by atoms with Gasteiger partial charge < -0.3 is 24.5 Å². The predicted molar refractivity (Wildman–Crippen MR) is 108 cm³/mol. The highest BCUT2D eigenvalue weighted by molar-refractivity contribution is 6.14. The van der Waals surface area contributed by atoms with Crippen molar-refractivity contribution in [1.29, 1.82) is 0 Å². The number of hydrogen-bond acceptors (Lipinski definition) is 5. The molecule has 8 heteroatoms. The van der Waals surface area contributed by atoms with E-state index in [0.29, 0.717) is 28.8 Å². The van der Waals surface area contributed by atoms with Crippen molar-refractivity contribution in [3.63, 3.8) is 0 Å². The van der Waals surface area contributed by atoms with Crippen molar-refractivity contribution in [2.75, 3.05) is 19.5 Å². The third kappa shape index (κ3) is 3.64. The Hall–Kier alpha value is -3.81. The highest BCUT2D eigenvalue weighted by atomic mass is 16.5. The summed E-state index contributed by atoms with van der Waals surface area (Å²) in [4.78, 5) is 37.2. The number of ether oxygens (including phenoxy) is 2. The molecule has 1 heterocycles. The van der Waals surface area contributed by atoms with Gasteiger partial charge in [0.05, 0.1) is 36.4 Å². The van der Waals surface area contributed by atoms with Crippen LogP contribution in [0, 0.1) is 0 Å². The van der Waals surface area contributed by atoms with Crippen LogP contribution in [0.1, 0.15) is 27.6 Å². The molecule has 3 aromatic rings. The first kappa shape index (κ1) is 19.9. The minimum Gasteiger partial charge on any atom is -0.493 e. The molecule has 1 aromatic heterocycles. The van der Waals surface area contributed by atoms with Crippen LogP contribution in [-0.2, 0) is 6.54 Å². The number of methoxy groups -OCH3 is 2. The van der Waals surface area contributed by atoms with Crippen molar-refractivity contribution in [1.82, 2.24) is 4.57 Å². The zero-order valence-electron chi connectivity index (χ0n) is 16.2. The lowest BCUT2D eigenvalue weighted by Gasteiger charge is -2.15. The minimum absolute atomic E-state index is 0.0341. The van der Waals surface area contributed by atoms with Crippen molar-refractivity contribution in [3.05, 3.63) is 64.1 Å². The van der Waals surface area contributed by atoms with Crippen LogP contribution in [0.5, 0.6) is 11.5 Å². The lowest BCUT2D eigenvalue weighted by Crippen LogP contribution is -2.23. The highest BCUT2D eigenvalue weighted by Crippen LogP contribution is 2.32. The molecule has 2 N–H and O–H groups in total. The van der Waals surface area contributed by atoms with Crippen LogP contribution in [0.4, 0.5) is 5.69 Å². The molecule has 8 nitrogen and oxygen atoms in total. The van der Waals surface area contributed by atoms with Gasteiger partial charge in [-0.1, -0.05) is 12.1 Å². The SMILES string of the molecule is CCn1cc(C(=O)Nc2ccccc2C(=O)O)c2cc(OC)c(OC)cc2c1=O. The molecule has 0 aliphatic rings. The van der Waals surface area contributed by atoms with Gasteiger partial charge in [0, 0.05) is 18.1 Å². The van der Waals surface area contributed by atoms with E-state index in [-0.39, 0.29) is 22.4 Å². The van der Waals surface area contributed by atoms with E-state index in [4.69, 9.17) is 9.47 Å². The number of anilines is 1. The topological polar surface area (TPSA) is 107 Å². The van der Waals surface area contributed by atoms with Gasteiger partial charge in [-0.3, -0.25) is 9.59 Å². The molecule has 150 valence electrons. The standard InChI is InChI=1S/C21H20N2O6/c1-4-23-11-15(19(24)22-16-8-6-5-7-12(16)21(26)27)13-9-17(28-2)18(29-3)10-14(13)20(23)25/h5-11H,4H2,1-3H3,(H,22,24)(H,26,27). The third-order valence-corrected chi connectivity index (χ3v) is 4.58. The normalized spacial score (nSPS) is 10.6. The van der Waals surface area contributed by atoms with E-state index in [9.17, 15) is 19.5 Å². The van der Waals surface area contributed by atoms with Crippen molar-refractivity contribution in [2.45, 2.75) is 13.5 Å². The quantitative estimate of drug-likeness (QED) is 0.663. The second-order valence-electron chi connectivity index (χ2n) is 6.19. The molecule has 0 aliphatic heterocycles. The molecule has 0 fully saturated rings. The number of carbonyl (C=O) groups is 2. The van der Waals surface area contributed by atoms with Gasteiger partial charge in [0.2, 0.25) is 0 Å². The van der Waals surface area contributed by atoms with E-state index in [1.807, 2.05) is 0 Å². The number of hydrogen-bond donors (Lipinski definition) is 2. The summed E-state index contributed by atoms with van der Waals surface area (Å²) in [7, 11) is 2.92. The average Bonchev–Trinajstić information content (AvgIpc) is 2.73. The summed E-state index contributed by atoms with van der Waals surface area (Å²) in [5.41, 5.74) is 0.0645. The maximum Gasteiger partial charge on any atom is 0.337 e. The van der Waals surface area contributed by atoms with Crippen molar-refractivity contribution in [3.8, 4) is 11.5 Å². The number of rotatable bonds is 6. The Balaban J connectivity index is 2.20. The monoisotopic (exact) mass is 396 g/mol. The van der Waals surface area contributed by atoms with Crippen LogP contribution in [-0.4, -0.2) is 35.8 Å². The summed E-state index contributed by atoms with van der Waals surface area (Å²) < 4.78 is 12.0. The second-order valence-corrected chi connectivity index (χ2v) is 6.19. The van der Waals surface area contributed by atoms with Gasteiger partial charge in [0.15, 0.2) is 11.5 Å². The minimum atomic E-state index is -1.16. The Bertz CT molecular complexity index is 1170. The first-order chi connectivity index (χ1) is 13.9. The van der Waals surface area contributed by atoms with Gasteiger partial charge in [0.25, 0.3) is 11.5 Å². The molecule has 0 saturated carbocycles. The largest absolute Gasteiger partial charge is 0.493 e. The molecular formula is C21H20N2O6. The summed E-state index contributed by atoms with van der Waals surface area (Å²) in [6.07, 6.45) is 1.45. The summed E-state index contributed by atoms with van der Waals surface area (Å²) in [5.74, 6) is -0.962. The molecular weight excluding hydrogens is 376 g/mol. The van der Waals surface area contributed by atoms with E-state index < -0.39 is 11.9 Å². The van der Waals surface area contributed by atoms with Gasteiger partial charge in [-0.25, -0.2) is 4.79 Å². The van der Waals surface area contributed by atoms with Crippen molar-refractivity contribution in [2.24, 2.45) is 0 Å². The molecule has 0 atom stereocenters. The molecule has 1 amide bonds. The Morgan fingerprint density at radius 1 is 1.03 bits per heavy atom. The number of aryl methyl sites for hydroxylation is 1. The van der Waals surface area contributed by atoms with E-state index in [1.54, 1.807) is 25.1 Å². The van der Waals surface area contributed by atoms with Gasteiger partial charge in [0.1, 0.15) is 0 Å². The van der Waals surface area contributed by atoms with Crippen LogP contribution in [0.3, 0.4) is 0 Å². The second kappa shape index (κ2) is 8.05. The first-order valence-corrected chi connectivity index (χ1v) is 8.84. The van der Waals surface area contributed by atoms with Crippen LogP contribution >= 0.6 is 0 Å². The number of nitrogens with zero attached hydrogens (tertiary/aromatic N) is 1. The van der Waals surface area contributed by atoms with Crippen LogP contribution in [0.2, 0.25) is 0 Å². The van der Waals surface area contributed by atoms with Crippen LogP contribution < -0.4 is 20.3 Å². The number of aromatic carboxylic acids is 1. The molecule has 0 bridgehead atoms. The maximum atomic E-state index is 13.0. The molecule has 0 saturated heterocycles. The van der Waals surface area contributed by atoms with Gasteiger partial charge >= 0.3 is 5.97 Å². The number of carbonyl (C=O) groups excluding carboxylic acids is 1. The zero-order chi connectivity index (χ0) is 21.1. The predicted octanol–water partition coefficient (Wildman–Crippen LogP) is 2.99. The molecule has 2 aromatic carbocycles. The molecule has 0 spiro atoms. The maximum absolute atomic E-state index is 13.0. The average molecular weight is 396 g/mol. The molecule has 0 radical (unpaired) electrons. The number of aromatic nitrogens is 1. The Labute approximate surface area is 166 Å². The number of carboxylic acids is 1. The van der Waals surface area contributed by atoms with E-state index >= 15 is 0 Å². The fourth-order valence-corrected chi connectivity index (χ4v) is 3.10. The number of carboxylic acid groups (broad SMARTS) is 1. The van der Waals surface area contributed by atoms with Crippen LogP contribution in [0.25, 0.3) is 10.8 Å². The first-order valence-electron chi connectivity index (χ1n) is 8.84. The zero-order valence-corrected chi connectivity index (χ0v) is 16.2. The summed E-state index contributed by atoms with van der Waals surface area (Å²) >= 11 is 0. The number of nitrogens with one attached hydrogen (secondary N) is 1. The van der Waals surface area contributed by atoms with Gasteiger partial charge in [-0.2, -0.15) is 0 Å². The third-order valence-electron chi connectivity index (χ3n) is 4.58. The van der Waals surface area contributed by atoms with E-state index in [1.165, 1.54) is 43.2 Å². The van der Waals surface area contributed by atoms with Gasteiger partial charge in [-0.15, -0.1) is 0 Å². The lowest BCUT2D eigenvalue weighted by molar-refractivity contribution is 0.0698. The molecule has 0 unspecified atom stereocenters. The molecule has 3 rings (SSSR count). The fourth-order valence-electron chi connectivity index (χ4n) is 3.10. The fraction of sp³-hybridized carbons (Fsp3) is 0.190. The number of amides is 1. The summed E-state index contributed by atoms with van der Waals surface area (Å²) in [6, 6.07) is 9.20. The lowest BCUT2D eigenvalue weighted by atomic mass is 10.0. The van der Waals surface area contributed by atoms with E-state index in [2.05, 4.69) is 5.32 Å². The van der Waals surface area contributed by atoms with Crippen molar-refractivity contribution >= 4 is 28.3 Å². The number of benzene rings is 2. The number of pyridine rings is 1. The Kier molecular flexibility index (Phi) is 5.54. The van der Waals surface area contributed by atoms with Gasteiger partial charge in [-0.05, 0) is 31.2 Å². The van der Waals surface area contributed by atoms with Crippen LogP contribution in [0.15, 0.2) is 47.4 Å². The molecule has 29 heavy (non-hydrogen) atoms. The smallest absolute Gasteiger partial charge is 0.337 e. The number of para-hydroxylation sites is 1.